The van der Waals surface area contributed by atoms with E-state index in [0.717, 1.165) is 11.4 Å². The lowest BCUT2D eigenvalue weighted by Gasteiger charge is -2.09. The summed E-state index contributed by atoms with van der Waals surface area (Å²) in [4.78, 5) is 24.0. The highest BCUT2D eigenvalue weighted by atomic mass is 16.1. The van der Waals surface area contributed by atoms with E-state index in [9.17, 15) is 4.79 Å². The van der Waals surface area contributed by atoms with Gasteiger partial charge in [0.2, 0.25) is 5.95 Å². The van der Waals surface area contributed by atoms with E-state index in [1.165, 1.54) is 6.20 Å². The van der Waals surface area contributed by atoms with Gasteiger partial charge in [0.1, 0.15) is 0 Å². The molecule has 0 atom stereocenters. The number of aryl methyl sites for hydroxylation is 1. The second-order valence-corrected chi connectivity index (χ2v) is 3.65. The minimum absolute atomic E-state index is 0.269. The zero-order valence-corrected chi connectivity index (χ0v) is 10.1. The molecule has 2 aromatic heterocycles. The number of hydrogen-bond donors (Lipinski definition) is 2. The van der Waals surface area contributed by atoms with Crippen LogP contribution in [-0.4, -0.2) is 27.9 Å². The summed E-state index contributed by atoms with van der Waals surface area (Å²) >= 11 is 0. The van der Waals surface area contributed by atoms with Crippen LogP contribution in [0.5, 0.6) is 0 Å². The summed E-state index contributed by atoms with van der Waals surface area (Å²) in [5, 5.41) is 5.57. The third kappa shape index (κ3) is 2.60. The molecule has 2 N–H and O–H groups in total. The molecule has 0 aliphatic carbocycles. The third-order valence-corrected chi connectivity index (χ3v) is 2.35. The van der Waals surface area contributed by atoms with Crippen molar-refractivity contribution in [3.8, 4) is 0 Å². The molecular formula is C12H13N5O. The molecule has 0 spiro atoms. The Hall–Kier alpha value is -2.50. The average Bonchev–Trinajstić information content (AvgIpc) is 2.39. The van der Waals surface area contributed by atoms with Crippen molar-refractivity contribution in [2.75, 3.05) is 17.7 Å². The van der Waals surface area contributed by atoms with E-state index in [2.05, 4.69) is 25.6 Å². The Labute approximate surface area is 105 Å². The van der Waals surface area contributed by atoms with Gasteiger partial charge in [0.25, 0.3) is 5.91 Å². The first-order valence-electron chi connectivity index (χ1n) is 5.43. The minimum Gasteiger partial charge on any atom is -0.387 e. The predicted octanol–water partition coefficient (Wildman–Crippen LogP) is 1.47. The molecule has 0 aromatic carbocycles. The summed E-state index contributed by atoms with van der Waals surface area (Å²) in [6.07, 6.45) is 4.66. The number of pyridine rings is 1. The maximum absolute atomic E-state index is 12.0. The van der Waals surface area contributed by atoms with Crippen molar-refractivity contribution in [1.82, 2.24) is 15.0 Å². The first kappa shape index (κ1) is 12.0. The topological polar surface area (TPSA) is 79.8 Å². The van der Waals surface area contributed by atoms with E-state index in [-0.39, 0.29) is 11.9 Å². The van der Waals surface area contributed by atoms with Gasteiger partial charge in [-0.05, 0) is 19.1 Å². The molecule has 0 bridgehead atoms. The summed E-state index contributed by atoms with van der Waals surface area (Å²) in [5.74, 6) is -0.0248. The van der Waals surface area contributed by atoms with Gasteiger partial charge in [0.15, 0.2) is 0 Å². The Morgan fingerprint density at radius 3 is 2.61 bits per heavy atom. The third-order valence-electron chi connectivity index (χ3n) is 2.35. The second-order valence-electron chi connectivity index (χ2n) is 3.65. The molecule has 1 amide bonds. The first-order chi connectivity index (χ1) is 8.70. The number of nitrogens with one attached hydrogen (secondary N) is 2. The number of hydrogen-bond acceptors (Lipinski definition) is 5. The highest BCUT2D eigenvalue weighted by Gasteiger charge is 2.12. The predicted molar refractivity (Wildman–Crippen MR) is 68.5 cm³/mol. The van der Waals surface area contributed by atoms with E-state index >= 15 is 0 Å². The van der Waals surface area contributed by atoms with E-state index in [1.54, 1.807) is 31.6 Å². The van der Waals surface area contributed by atoms with Gasteiger partial charge in [0, 0.05) is 31.3 Å². The van der Waals surface area contributed by atoms with Crippen molar-refractivity contribution >= 4 is 17.5 Å². The number of carbonyl (C=O) groups is 1. The number of rotatable bonds is 3. The van der Waals surface area contributed by atoms with Crippen LogP contribution < -0.4 is 10.6 Å². The van der Waals surface area contributed by atoms with E-state index in [4.69, 9.17) is 0 Å². The van der Waals surface area contributed by atoms with Crippen molar-refractivity contribution in [3.63, 3.8) is 0 Å². The molecule has 0 saturated carbocycles. The van der Waals surface area contributed by atoms with Crippen molar-refractivity contribution in [3.05, 3.63) is 42.0 Å². The lowest BCUT2D eigenvalue weighted by Crippen LogP contribution is -2.16. The fourth-order valence-corrected chi connectivity index (χ4v) is 1.48. The average molecular weight is 243 g/mol. The van der Waals surface area contributed by atoms with Gasteiger partial charge < -0.3 is 5.32 Å². The van der Waals surface area contributed by atoms with Crippen LogP contribution in [0.15, 0.2) is 30.7 Å². The van der Waals surface area contributed by atoms with Gasteiger partial charge in [0.05, 0.1) is 11.3 Å². The Balaban J connectivity index is 2.24. The highest BCUT2D eigenvalue weighted by Crippen LogP contribution is 2.15. The Morgan fingerprint density at radius 1 is 1.22 bits per heavy atom. The number of amides is 1. The van der Waals surface area contributed by atoms with E-state index < -0.39 is 0 Å². The largest absolute Gasteiger partial charge is 0.387 e. The minimum atomic E-state index is -0.293. The highest BCUT2D eigenvalue weighted by molar-refractivity contribution is 6.07. The van der Waals surface area contributed by atoms with Crippen LogP contribution in [0.1, 0.15) is 16.1 Å². The van der Waals surface area contributed by atoms with Crippen molar-refractivity contribution in [1.29, 1.82) is 0 Å². The van der Waals surface area contributed by atoms with E-state index in [1.807, 2.05) is 6.92 Å². The quantitative estimate of drug-likeness (QED) is 0.853. The standard InChI is InChI=1S/C12H13N5O/c1-8-6-10(13-2)9(7-16-8)11(18)17-12-14-4-3-5-15-12/h3-7H,1-2H3,(H,13,16)(H,14,15,17,18). The molecule has 0 fully saturated rings. The molecule has 6 nitrogen and oxygen atoms in total. The molecule has 0 saturated heterocycles. The molecule has 6 heteroatoms. The maximum atomic E-state index is 12.0. The fraction of sp³-hybridized carbons (Fsp3) is 0.167. The number of nitrogens with zero attached hydrogens (tertiary/aromatic N) is 3. The lowest BCUT2D eigenvalue weighted by atomic mass is 10.2. The second kappa shape index (κ2) is 5.22. The number of aromatic nitrogens is 3. The molecule has 2 rings (SSSR count). The number of anilines is 2. The molecular weight excluding hydrogens is 230 g/mol. The van der Waals surface area contributed by atoms with Gasteiger partial charge in [-0.25, -0.2) is 9.97 Å². The molecule has 0 aliphatic rings. The maximum Gasteiger partial charge on any atom is 0.261 e. The molecule has 2 heterocycles. The van der Waals surface area contributed by atoms with Gasteiger partial charge in [-0.15, -0.1) is 0 Å². The van der Waals surface area contributed by atoms with Crippen LogP contribution >= 0.6 is 0 Å². The van der Waals surface area contributed by atoms with Crippen LogP contribution in [0.3, 0.4) is 0 Å². The van der Waals surface area contributed by atoms with Crippen LogP contribution in [-0.2, 0) is 0 Å². The zero-order valence-electron chi connectivity index (χ0n) is 10.1. The van der Waals surface area contributed by atoms with E-state index in [0.29, 0.717) is 5.56 Å². The zero-order chi connectivity index (χ0) is 13.0. The van der Waals surface area contributed by atoms with Crippen LogP contribution in [0.4, 0.5) is 11.6 Å². The Morgan fingerprint density at radius 2 is 1.94 bits per heavy atom. The summed E-state index contributed by atoms with van der Waals surface area (Å²) in [6, 6.07) is 3.49. The summed E-state index contributed by atoms with van der Waals surface area (Å²) in [7, 11) is 1.75. The Kier molecular flexibility index (Phi) is 3.47. The summed E-state index contributed by atoms with van der Waals surface area (Å²) in [5.41, 5.74) is 2.01. The smallest absolute Gasteiger partial charge is 0.261 e. The summed E-state index contributed by atoms with van der Waals surface area (Å²) < 4.78 is 0. The normalized spacial score (nSPS) is 9.89. The van der Waals surface area contributed by atoms with Crippen molar-refractivity contribution < 1.29 is 4.79 Å². The molecule has 92 valence electrons. The van der Waals surface area contributed by atoms with Crippen LogP contribution in [0, 0.1) is 6.92 Å². The molecule has 0 unspecified atom stereocenters. The fourth-order valence-electron chi connectivity index (χ4n) is 1.48. The van der Waals surface area contributed by atoms with Gasteiger partial charge >= 0.3 is 0 Å². The Bertz CT molecular complexity index is 556. The molecule has 2 aromatic rings. The molecule has 18 heavy (non-hydrogen) atoms. The van der Waals surface area contributed by atoms with Crippen molar-refractivity contribution in [2.24, 2.45) is 0 Å². The summed E-state index contributed by atoms with van der Waals surface area (Å²) in [6.45, 7) is 1.86. The van der Waals surface area contributed by atoms with Crippen LogP contribution in [0.2, 0.25) is 0 Å². The van der Waals surface area contributed by atoms with Crippen molar-refractivity contribution in [2.45, 2.75) is 6.92 Å². The van der Waals surface area contributed by atoms with Gasteiger partial charge in [-0.3, -0.25) is 15.1 Å². The first-order valence-corrected chi connectivity index (χ1v) is 5.43. The molecule has 0 aliphatic heterocycles. The van der Waals surface area contributed by atoms with Gasteiger partial charge in [-0.1, -0.05) is 0 Å². The SMILES string of the molecule is CNc1cc(C)ncc1C(=O)Nc1ncccn1. The monoisotopic (exact) mass is 243 g/mol. The lowest BCUT2D eigenvalue weighted by molar-refractivity contribution is 0.102. The molecule has 0 radical (unpaired) electrons. The number of carbonyl (C=O) groups excluding carboxylic acids is 1. The van der Waals surface area contributed by atoms with Gasteiger partial charge in [-0.2, -0.15) is 0 Å². The van der Waals surface area contributed by atoms with Crippen LogP contribution in [0.25, 0.3) is 0 Å².